The number of anilines is 1. The molecule has 1 fully saturated rings. The molecule has 0 aliphatic carbocycles. The molecule has 6 nitrogen and oxygen atoms in total. The standard InChI is InChI=1S/C14H14FNO5/c1-14(2)20-12(17)8(13(18)21-14)7-16-9-5-4-6-10(19-3)11(9)15/h4-7,16H,1-3H3. The van der Waals surface area contributed by atoms with E-state index in [1.165, 1.54) is 33.1 Å². The van der Waals surface area contributed by atoms with Crippen molar-refractivity contribution in [2.45, 2.75) is 19.6 Å². The number of ether oxygens (including phenoxy) is 3. The van der Waals surface area contributed by atoms with Gasteiger partial charge in [0, 0.05) is 20.0 Å². The summed E-state index contributed by atoms with van der Waals surface area (Å²) in [6, 6.07) is 4.43. The lowest BCUT2D eigenvalue weighted by atomic mass is 10.2. The highest BCUT2D eigenvalue weighted by atomic mass is 19.1. The number of methoxy groups -OCH3 is 1. The summed E-state index contributed by atoms with van der Waals surface area (Å²) < 4.78 is 28.5. The van der Waals surface area contributed by atoms with Gasteiger partial charge in [-0.15, -0.1) is 0 Å². The molecule has 1 aromatic rings. The number of carbonyl (C=O) groups is 2. The van der Waals surface area contributed by atoms with Gasteiger partial charge >= 0.3 is 11.9 Å². The molecule has 0 bridgehead atoms. The average molecular weight is 295 g/mol. The number of cyclic esters (lactones) is 2. The van der Waals surface area contributed by atoms with E-state index in [9.17, 15) is 14.0 Å². The van der Waals surface area contributed by atoms with Gasteiger partial charge in [0.2, 0.25) is 0 Å². The van der Waals surface area contributed by atoms with Crippen LogP contribution in [0.3, 0.4) is 0 Å². The molecule has 0 saturated carbocycles. The Morgan fingerprint density at radius 2 is 1.86 bits per heavy atom. The van der Waals surface area contributed by atoms with Crippen molar-refractivity contribution in [1.29, 1.82) is 0 Å². The first kappa shape index (κ1) is 14.8. The number of hydrogen-bond acceptors (Lipinski definition) is 6. The van der Waals surface area contributed by atoms with Crippen molar-refractivity contribution in [1.82, 2.24) is 0 Å². The molecule has 1 N–H and O–H groups in total. The number of carbonyl (C=O) groups excluding carboxylic acids is 2. The van der Waals surface area contributed by atoms with Crippen LogP contribution in [0.25, 0.3) is 0 Å². The molecule has 0 aromatic heterocycles. The van der Waals surface area contributed by atoms with E-state index < -0.39 is 23.5 Å². The first-order valence-corrected chi connectivity index (χ1v) is 6.10. The lowest BCUT2D eigenvalue weighted by Gasteiger charge is -2.29. The lowest BCUT2D eigenvalue weighted by Crippen LogP contribution is -2.42. The van der Waals surface area contributed by atoms with Gasteiger partial charge in [-0.3, -0.25) is 0 Å². The third-order valence-corrected chi connectivity index (χ3v) is 2.67. The van der Waals surface area contributed by atoms with Crippen LogP contribution >= 0.6 is 0 Å². The van der Waals surface area contributed by atoms with Crippen LogP contribution in [-0.2, 0) is 19.1 Å². The van der Waals surface area contributed by atoms with Crippen LogP contribution in [0, 0.1) is 5.82 Å². The van der Waals surface area contributed by atoms with Crippen molar-refractivity contribution in [3.05, 3.63) is 35.8 Å². The van der Waals surface area contributed by atoms with E-state index in [1.807, 2.05) is 0 Å². The maximum atomic E-state index is 13.9. The molecule has 0 amide bonds. The molecular weight excluding hydrogens is 281 g/mol. The fraction of sp³-hybridized carbons (Fsp3) is 0.286. The van der Waals surface area contributed by atoms with Gasteiger partial charge in [-0.2, -0.15) is 0 Å². The molecular formula is C14H14FNO5. The second-order valence-electron chi connectivity index (χ2n) is 4.70. The zero-order valence-electron chi connectivity index (χ0n) is 11.7. The Bertz CT molecular complexity index is 602. The number of esters is 2. The quantitative estimate of drug-likeness (QED) is 0.522. The summed E-state index contributed by atoms with van der Waals surface area (Å²) >= 11 is 0. The van der Waals surface area contributed by atoms with Crippen molar-refractivity contribution in [2.75, 3.05) is 12.4 Å². The summed E-state index contributed by atoms with van der Waals surface area (Å²) in [5.74, 6) is -3.60. The van der Waals surface area contributed by atoms with Crippen LogP contribution in [0.5, 0.6) is 5.75 Å². The van der Waals surface area contributed by atoms with Crippen LogP contribution in [-0.4, -0.2) is 24.8 Å². The highest BCUT2D eigenvalue weighted by molar-refractivity contribution is 6.15. The first-order valence-electron chi connectivity index (χ1n) is 6.10. The maximum absolute atomic E-state index is 13.9. The second kappa shape index (κ2) is 5.43. The SMILES string of the molecule is COc1cccc(NC=C2C(=O)OC(C)(C)OC2=O)c1F. The zero-order chi connectivity index (χ0) is 15.6. The Balaban J connectivity index is 2.22. The van der Waals surface area contributed by atoms with Gasteiger partial charge in [0.1, 0.15) is 0 Å². The summed E-state index contributed by atoms with van der Waals surface area (Å²) in [5.41, 5.74) is -0.302. The zero-order valence-corrected chi connectivity index (χ0v) is 11.7. The van der Waals surface area contributed by atoms with Gasteiger partial charge in [0.05, 0.1) is 12.8 Å². The summed E-state index contributed by atoms with van der Waals surface area (Å²) in [4.78, 5) is 23.4. The molecule has 0 atom stereocenters. The molecule has 1 aliphatic heterocycles. The summed E-state index contributed by atoms with van der Waals surface area (Å²) in [6.45, 7) is 2.88. The summed E-state index contributed by atoms with van der Waals surface area (Å²) in [7, 11) is 1.33. The van der Waals surface area contributed by atoms with Crippen LogP contribution in [0.4, 0.5) is 10.1 Å². The number of halogens is 1. The Morgan fingerprint density at radius 1 is 1.24 bits per heavy atom. The lowest BCUT2D eigenvalue weighted by molar-refractivity contribution is -0.222. The Labute approximate surface area is 120 Å². The smallest absolute Gasteiger partial charge is 0.350 e. The normalized spacial score (nSPS) is 16.9. The number of nitrogens with one attached hydrogen (secondary N) is 1. The molecule has 112 valence electrons. The average Bonchev–Trinajstić information content (AvgIpc) is 2.38. The van der Waals surface area contributed by atoms with Crippen LogP contribution < -0.4 is 10.1 Å². The molecule has 0 unspecified atom stereocenters. The van der Waals surface area contributed by atoms with E-state index in [4.69, 9.17) is 14.2 Å². The molecule has 1 aromatic carbocycles. The third-order valence-electron chi connectivity index (χ3n) is 2.67. The highest BCUT2D eigenvalue weighted by Crippen LogP contribution is 2.26. The highest BCUT2D eigenvalue weighted by Gasteiger charge is 2.38. The fourth-order valence-corrected chi connectivity index (χ4v) is 1.71. The van der Waals surface area contributed by atoms with Crippen molar-refractivity contribution >= 4 is 17.6 Å². The van der Waals surface area contributed by atoms with Gasteiger partial charge in [-0.25, -0.2) is 14.0 Å². The number of hydrogen-bond donors (Lipinski definition) is 1. The maximum Gasteiger partial charge on any atom is 0.350 e. The van der Waals surface area contributed by atoms with Gasteiger partial charge in [0.25, 0.3) is 5.79 Å². The van der Waals surface area contributed by atoms with E-state index in [1.54, 1.807) is 6.07 Å². The second-order valence-corrected chi connectivity index (χ2v) is 4.70. The van der Waals surface area contributed by atoms with Crippen LogP contribution in [0.1, 0.15) is 13.8 Å². The Kier molecular flexibility index (Phi) is 3.84. The first-order chi connectivity index (χ1) is 9.84. The summed E-state index contributed by atoms with van der Waals surface area (Å²) in [6.07, 6.45) is 1.04. The van der Waals surface area contributed by atoms with Gasteiger partial charge < -0.3 is 19.5 Å². The molecule has 2 rings (SSSR count). The number of rotatable bonds is 3. The van der Waals surface area contributed by atoms with E-state index in [0.29, 0.717) is 0 Å². The minimum Gasteiger partial charge on any atom is -0.494 e. The predicted octanol–water partition coefficient (Wildman–Crippen LogP) is 1.97. The Hall–Kier alpha value is -2.57. The Morgan fingerprint density at radius 3 is 2.43 bits per heavy atom. The molecule has 21 heavy (non-hydrogen) atoms. The van der Waals surface area contributed by atoms with Crippen molar-refractivity contribution in [3.63, 3.8) is 0 Å². The molecule has 0 spiro atoms. The molecule has 1 heterocycles. The molecule has 0 radical (unpaired) electrons. The van der Waals surface area contributed by atoms with Crippen molar-refractivity contribution in [3.8, 4) is 5.75 Å². The van der Waals surface area contributed by atoms with Gasteiger partial charge in [-0.1, -0.05) is 6.07 Å². The van der Waals surface area contributed by atoms with Gasteiger partial charge in [-0.05, 0) is 12.1 Å². The monoisotopic (exact) mass is 295 g/mol. The fourth-order valence-electron chi connectivity index (χ4n) is 1.71. The minimum atomic E-state index is -1.31. The van der Waals surface area contributed by atoms with E-state index in [-0.39, 0.29) is 17.0 Å². The third kappa shape index (κ3) is 3.13. The summed E-state index contributed by atoms with van der Waals surface area (Å²) in [5, 5.41) is 2.53. The number of benzene rings is 1. The van der Waals surface area contributed by atoms with E-state index in [2.05, 4.69) is 5.32 Å². The largest absolute Gasteiger partial charge is 0.494 e. The minimum absolute atomic E-state index is 0.0355. The van der Waals surface area contributed by atoms with E-state index in [0.717, 1.165) is 6.20 Å². The van der Waals surface area contributed by atoms with E-state index >= 15 is 0 Å². The molecule has 7 heteroatoms. The molecule has 1 saturated heterocycles. The van der Waals surface area contributed by atoms with Crippen LogP contribution in [0.15, 0.2) is 30.0 Å². The van der Waals surface area contributed by atoms with Gasteiger partial charge in [0.15, 0.2) is 17.1 Å². The van der Waals surface area contributed by atoms with Crippen molar-refractivity contribution < 1.29 is 28.2 Å². The van der Waals surface area contributed by atoms with Crippen LogP contribution in [0.2, 0.25) is 0 Å². The van der Waals surface area contributed by atoms with Crippen molar-refractivity contribution in [2.24, 2.45) is 0 Å². The topological polar surface area (TPSA) is 73.9 Å². The predicted molar refractivity (Wildman–Crippen MR) is 70.9 cm³/mol. The molecule has 1 aliphatic rings.